The van der Waals surface area contributed by atoms with Crippen molar-refractivity contribution in [1.82, 2.24) is 9.94 Å². The second-order valence-electron chi connectivity index (χ2n) is 3.38. The summed E-state index contributed by atoms with van der Waals surface area (Å²) in [6.45, 7) is 0.134. The number of hydrogen-bond donors (Lipinski definition) is 1. The first-order valence-electron chi connectivity index (χ1n) is 5.02. The van der Waals surface area contributed by atoms with E-state index in [1.54, 1.807) is 0 Å². The smallest absolute Gasteiger partial charge is 0.323 e. The van der Waals surface area contributed by atoms with Gasteiger partial charge in [-0.2, -0.15) is 0 Å². The first kappa shape index (κ1) is 12.7. The lowest BCUT2D eigenvalue weighted by molar-refractivity contribution is -0.130. The molecule has 0 aliphatic heterocycles. The van der Waals surface area contributed by atoms with Crippen LogP contribution in [0.3, 0.4) is 0 Å². The molecule has 6 nitrogen and oxygen atoms in total. The van der Waals surface area contributed by atoms with E-state index in [-0.39, 0.29) is 12.2 Å². The van der Waals surface area contributed by atoms with Gasteiger partial charge >= 0.3 is 6.47 Å². The molecule has 0 atom stereocenters. The van der Waals surface area contributed by atoms with E-state index in [1.165, 1.54) is 0 Å². The number of benzene rings is 1. The van der Waals surface area contributed by atoms with Crippen LogP contribution in [0.2, 0.25) is 0 Å². The molecule has 1 aromatic heterocycles. The number of hydrogen-bond acceptors (Lipinski definition) is 4. The van der Waals surface area contributed by atoms with Crippen LogP contribution in [-0.4, -0.2) is 22.3 Å². The van der Waals surface area contributed by atoms with Gasteiger partial charge in [-0.25, -0.2) is 8.78 Å². The van der Waals surface area contributed by atoms with Crippen LogP contribution in [0.15, 0.2) is 30.6 Å². The third kappa shape index (κ3) is 2.73. The Morgan fingerprint density at radius 2 is 2.05 bits per heavy atom. The quantitative estimate of drug-likeness (QED) is 0.839. The van der Waals surface area contributed by atoms with Gasteiger partial charge in [-0.3, -0.25) is 9.59 Å². The minimum Gasteiger partial charge on any atom is -0.323 e. The van der Waals surface area contributed by atoms with Crippen molar-refractivity contribution in [3.63, 3.8) is 0 Å². The number of nitrogens with zero attached hydrogens (tertiary/aromatic N) is 2. The highest BCUT2D eigenvalue weighted by Gasteiger charge is 2.17. The summed E-state index contributed by atoms with van der Waals surface area (Å²) in [5, 5.41) is 5.78. The summed E-state index contributed by atoms with van der Waals surface area (Å²) in [6.07, 6.45) is 2.31. The van der Waals surface area contributed by atoms with Crippen LogP contribution >= 0.6 is 0 Å². The summed E-state index contributed by atoms with van der Waals surface area (Å²) in [6, 6.07) is 3.09. The molecule has 98 valence electrons. The minimum absolute atomic E-state index is 0.120. The number of carbonyl (C=O) groups is 2. The standard InChI is InChI=1S/C11H7F2N3O3/c12-8-2-1-3-9(13)10(8)11(18)15-7-4-14-16(5-7)19-6-17/h1-6H,(H,15,18). The van der Waals surface area contributed by atoms with Crippen molar-refractivity contribution >= 4 is 18.1 Å². The van der Waals surface area contributed by atoms with E-state index < -0.39 is 23.1 Å². The molecule has 2 rings (SSSR count). The molecule has 0 aliphatic carbocycles. The number of rotatable bonds is 4. The van der Waals surface area contributed by atoms with E-state index >= 15 is 0 Å². The van der Waals surface area contributed by atoms with Gasteiger partial charge in [0.05, 0.1) is 18.1 Å². The van der Waals surface area contributed by atoms with E-state index in [9.17, 15) is 18.4 Å². The Morgan fingerprint density at radius 1 is 1.37 bits per heavy atom. The number of aromatic nitrogens is 2. The van der Waals surface area contributed by atoms with Gasteiger partial charge in [-0.15, -0.1) is 5.10 Å². The van der Waals surface area contributed by atoms with Gasteiger partial charge in [-0.1, -0.05) is 10.9 Å². The van der Waals surface area contributed by atoms with Crippen LogP contribution in [0, 0.1) is 11.6 Å². The molecule has 0 unspecified atom stereocenters. The SMILES string of the molecule is O=COn1cc(NC(=O)c2c(F)cccc2F)cn1. The molecule has 2 aromatic rings. The topological polar surface area (TPSA) is 73.2 Å². The summed E-state index contributed by atoms with van der Waals surface area (Å²) in [5.74, 6) is -2.93. The van der Waals surface area contributed by atoms with Gasteiger partial charge in [0.25, 0.3) is 5.91 Å². The Kier molecular flexibility index (Phi) is 3.51. The first-order chi connectivity index (χ1) is 9.11. The molecule has 0 aliphatic rings. The molecule has 0 bridgehead atoms. The van der Waals surface area contributed by atoms with Gasteiger partial charge in [0.2, 0.25) is 0 Å². The van der Waals surface area contributed by atoms with E-state index in [0.29, 0.717) is 0 Å². The van der Waals surface area contributed by atoms with Crippen molar-refractivity contribution in [2.45, 2.75) is 0 Å². The van der Waals surface area contributed by atoms with Gasteiger partial charge in [-0.05, 0) is 12.1 Å². The average molecular weight is 267 g/mol. The molecular formula is C11H7F2N3O3. The molecule has 8 heteroatoms. The maximum atomic E-state index is 13.3. The predicted molar refractivity (Wildman–Crippen MR) is 59.2 cm³/mol. The Morgan fingerprint density at radius 3 is 2.68 bits per heavy atom. The number of amides is 1. The zero-order valence-electron chi connectivity index (χ0n) is 9.34. The molecule has 0 spiro atoms. The van der Waals surface area contributed by atoms with Crippen LogP contribution in [0.4, 0.5) is 14.5 Å². The fourth-order valence-electron chi connectivity index (χ4n) is 1.38. The molecule has 19 heavy (non-hydrogen) atoms. The highest BCUT2D eigenvalue weighted by molar-refractivity contribution is 6.04. The van der Waals surface area contributed by atoms with Crippen LogP contribution in [0.5, 0.6) is 0 Å². The van der Waals surface area contributed by atoms with Crippen molar-refractivity contribution < 1.29 is 23.2 Å². The maximum absolute atomic E-state index is 13.3. The monoisotopic (exact) mass is 267 g/mol. The molecule has 1 amide bonds. The fourth-order valence-corrected chi connectivity index (χ4v) is 1.38. The third-order valence-electron chi connectivity index (χ3n) is 2.16. The first-order valence-corrected chi connectivity index (χ1v) is 5.02. The van der Waals surface area contributed by atoms with Gasteiger partial charge in [0.15, 0.2) is 0 Å². The van der Waals surface area contributed by atoms with Gasteiger partial charge in [0.1, 0.15) is 17.2 Å². The van der Waals surface area contributed by atoms with Gasteiger partial charge in [0, 0.05) is 0 Å². The average Bonchev–Trinajstić information content (AvgIpc) is 2.77. The number of halogens is 2. The molecule has 1 aromatic carbocycles. The lowest BCUT2D eigenvalue weighted by atomic mass is 10.2. The summed E-state index contributed by atoms with van der Waals surface area (Å²) < 4.78 is 26.7. The molecule has 0 saturated carbocycles. The minimum atomic E-state index is -0.978. The highest BCUT2D eigenvalue weighted by atomic mass is 19.1. The van der Waals surface area contributed by atoms with Crippen molar-refractivity contribution in [3.05, 3.63) is 47.8 Å². The van der Waals surface area contributed by atoms with Crippen LogP contribution in [0.1, 0.15) is 10.4 Å². The second kappa shape index (κ2) is 5.25. The normalized spacial score (nSPS) is 10.0. The zero-order chi connectivity index (χ0) is 13.8. The van der Waals surface area contributed by atoms with Crippen molar-refractivity contribution in [1.29, 1.82) is 0 Å². The summed E-state index contributed by atoms with van der Waals surface area (Å²) in [5.41, 5.74) is -0.582. The van der Waals surface area contributed by atoms with Crippen molar-refractivity contribution in [2.75, 3.05) is 5.32 Å². The maximum Gasteiger partial charge on any atom is 0.323 e. The van der Waals surface area contributed by atoms with Gasteiger partial charge < -0.3 is 10.2 Å². The molecule has 0 saturated heterocycles. The Balaban J connectivity index is 2.18. The molecule has 0 fully saturated rings. The Bertz CT molecular complexity index is 607. The molecule has 1 N–H and O–H groups in total. The van der Waals surface area contributed by atoms with Crippen molar-refractivity contribution in [3.8, 4) is 0 Å². The second-order valence-corrected chi connectivity index (χ2v) is 3.38. The van der Waals surface area contributed by atoms with E-state index in [4.69, 9.17) is 0 Å². The van der Waals surface area contributed by atoms with Crippen molar-refractivity contribution in [2.24, 2.45) is 0 Å². The van der Waals surface area contributed by atoms with E-state index in [0.717, 1.165) is 35.4 Å². The molecule has 1 heterocycles. The zero-order valence-corrected chi connectivity index (χ0v) is 9.34. The van der Waals surface area contributed by atoms with Crippen LogP contribution < -0.4 is 10.2 Å². The Labute approximate surface area is 105 Å². The van der Waals surface area contributed by atoms with E-state index in [1.807, 2.05) is 0 Å². The van der Waals surface area contributed by atoms with E-state index in [2.05, 4.69) is 15.3 Å². The fraction of sp³-hybridized carbons (Fsp3) is 0. The van der Waals surface area contributed by atoms with Crippen LogP contribution in [0.25, 0.3) is 0 Å². The number of anilines is 1. The summed E-state index contributed by atoms with van der Waals surface area (Å²) in [4.78, 5) is 26.9. The largest absolute Gasteiger partial charge is 0.323 e. The number of carbonyl (C=O) groups excluding carboxylic acids is 2. The lowest BCUT2D eigenvalue weighted by Gasteiger charge is -2.04. The molecular weight excluding hydrogens is 260 g/mol. The predicted octanol–water partition coefficient (Wildman–Crippen LogP) is 0.999. The lowest BCUT2D eigenvalue weighted by Crippen LogP contribution is -2.15. The summed E-state index contributed by atoms with van der Waals surface area (Å²) in [7, 11) is 0. The third-order valence-corrected chi connectivity index (χ3v) is 2.16. The van der Waals surface area contributed by atoms with Crippen LogP contribution in [-0.2, 0) is 4.79 Å². The highest BCUT2D eigenvalue weighted by Crippen LogP contribution is 2.14. The Hall–Kier alpha value is -2.77. The summed E-state index contributed by atoms with van der Waals surface area (Å²) >= 11 is 0. The number of nitrogens with one attached hydrogen (secondary N) is 1. The molecule has 0 radical (unpaired) electrons.